The van der Waals surface area contributed by atoms with E-state index in [-0.39, 0.29) is 0 Å². The Hall–Kier alpha value is -0.380. The van der Waals surface area contributed by atoms with Crippen molar-refractivity contribution in [2.24, 2.45) is 0 Å². The highest BCUT2D eigenvalue weighted by atomic mass is 32.1. The number of rotatable bonds is 4. The summed E-state index contributed by atoms with van der Waals surface area (Å²) in [6.45, 7) is 6.33. The Bertz CT molecular complexity index is 304. The molecule has 0 spiro atoms. The predicted molar refractivity (Wildman–Crippen MR) is 64.4 cm³/mol. The van der Waals surface area contributed by atoms with Gasteiger partial charge < -0.3 is 10.1 Å². The normalized spacial score (nSPS) is 23.2. The van der Waals surface area contributed by atoms with E-state index in [2.05, 4.69) is 30.6 Å². The van der Waals surface area contributed by atoms with Crippen molar-refractivity contribution in [3.63, 3.8) is 0 Å². The van der Waals surface area contributed by atoms with Gasteiger partial charge in [-0.15, -0.1) is 11.3 Å². The van der Waals surface area contributed by atoms with E-state index in [1.165, 1.54) is 23.3 Å². The van der Waals surface area contributed by atoms with Crippen molar-refractivity contribution in [1.82, 2.24) is 5.32 Å². The zero-order chi connectivity index (χ0) is 10.7. The molecule has 1 aliphatic rings. The Balaban J connectivity index is 1.81. The van der Waals surface area contributed by atoms with Gasteiger partial charge in [-0.25, -0.2) is 0 Å². The molecule has 2 atom stereocenters. The second kappa shape index (κ2) is 5.10. The summed E-state index contributed by atoms with van der Waals surface area (Å²) in [7, 11) is 0. The van der Waals surface area contributed by atoms with E-state index in [4.69, 9.17) is 4.74 Å². The molecule has 1 aromatic heterocycles. The van der Waals surface area contributed by atoms with Crippen molar-refractivity contribution in [3.8, 4) is 0 Å². The summed E-state index contributed by atoms with van der Waals surface area (Å²) in [6.07, 6.45) is 2.87. The molecule has 0 aliphatic carbocycles. The Morgan fingerprint density at radius 2 is 2.53 bits per heavy atom. The van der Waals surface area contributed by atoms with Gasteiger partial charge in [0.15, 0.2) is 0 Å². The molecule has 1 fully saturated rings. The van der Waals surface area contributed by atoms with Crippen LogP contribution in [0, 0.1) is 6.92 Å². The first-order valence-corrected chi connectivity index (χ1v) is 6.54. The molecular weight excluding hydrogens is 206 g/mol. The van der Waals surface area contributed by atoms with Crippen LogP contribution in [0.3, 0.4) is 0 Å². The molecule has 2 heterocycles. The SMILES string of the molecule is Cc1ccsc1[C@H](C)NC[C@H]1CCCO1. The quantitative estimate of drug-likeness (QED) is 0.850. The average molecular weight is 225 g/mol. The van der Waals surface area contributed by atoms with Crippen LogP contribution >= 0.6 is 11.3 Å². The second-order valence-corrected chi connectivity index (χ2v) is 5.18. The molecule has 0 bridgehead atoms. The van der Waals surface area contributed by atoms with Gasteiger partial charge in [-0.05, 0) is 43.7 Å². The maximum atomic E-state index is 5.59. The van der Waals surface area contributed by atoms with E-state index in [1.54, 1.807) is 0 Å². The summed E-state index contributed by atoms with van der Waals surface area (Å²) in [6, 6.07) is 2.64. The molecule has 0 saturated carbocycles. The van der Waals surface area contributed by atoms with E-state index in [9.17, 15) is 0 Å². The summed E-state index contributed by atoms with van der Waals surface area (Å²) in [4.78, 5) is 1.45. The van der Waals surface area contributed by atoms with Crippen LogP contribution in [-0.4, -0.2) is 19.3 Å². The van der Waals surface area contributed by atoms with Crippen LogP contribution in [-0.2, 0) is 4.74 Å². The third kappa shape index (κ3) is 2.80. The summed E-state index contributed by atoms with van der Waals surface area (Å²) in [5, 5.41) is 5.71. The van der Waals surface area contributed by atoms with Crippen LogP contribution in [0.5, 0.6) is 0 Å². The van der Waals surface area contributed by atoms with Crippen molar-refractivity contribution in [1.29, 1.82) is 0 Å². The second-order valence-electron chi connectivity index (χ2n) is 4.23. The highest BCUT2D eigenvalue weighted by Gasteiger charge is 2.17. The largest absolute Gasteiger partial charge is 0.377 e. The van der Waals surface area contributed by atoms with Crippen molar-refractivity contribution >= 4 is 11.3 Å². The van der Waals surface area contributed by atoms with Gasteiger partial charge in [0, 0.05) is 24.1 Å². The highest BCUT2D eigenvalue weighted by molar-refractivity contribution is 7.10. The molecule has 0 radical (unpaired) electrons. The Labute approximate surface area is 95.6 Å². The lowest BCUT2D eigenvalue weighted by atomic mass is 10.2. The predicted octanol–water partition coefficient (Wildman–Crippen LogP) is 2.89. The molecule has 0 amide bonds. The van der Waals surface area contributed by atoms with Gasteiger partial charge >= 0.3 is 0 Å². The van der Waals surface area contributed by atoms with Crippen LogP contribution in [0.2, 0.25) is 0 Å². The third-order valence-corrected chi connectivity index (χ3v) is 4.17. The van der Waals surface area contributed by atoms with E-state index < -0.39 is 0 Å². The standard InChI is InChI=1S/C12H19NOS/c1-9-5-7-15-12(9)10(2)13-8-11-4-3-6-14-11/h5,7,10-11,13H,3-4,6,8H2,1-2H3/t10-,11+/m0/s1. The lowest BCUT2D eigenvalue weighted by Gasteiger charge is -2.16. The van der Waals surface area contributed by atoms with Gasteiger partial charge in [-0.3, -0.25) is 0 Å². The van der Waals surface area contributed by atoms with Crippen LogP contribution in [0.4, 0.5) is 0 Å². The molecule has 1 N–H and O–H groups in total. The first kappa shape index (κ1) is 11.1. The molecule has 3 heteroatoms. The number of thiophene rings is 1. The van der Waals surface area contributed by atoms with Gasteiger partial charge in [-0.1, -0.05) is 0 Å². The van der Waals surface area contributed by atoms with E-state index >= 15 is 0 Å². The molecule has 0 unspecified atom stereocenters. The number of aryl methyl sites for hydroxylation is 1. The summed E-state index contributed by atoms with van der Waals surface area (Å²) < 4.78 is 5.59. The maximum absolute atomic E-state index is 5.59. The monoisotopic (exact) mass is 225 g/mol. The lowest BCUT2D eigenvalue weighted by Crippen LogP contribution is -2.28. The summed E-state index contributed by atoms with van der Waals surface area (Å²) in [5.74, 6) is 0. The van der Waals surface area contributed by atoms with Crippen molar-refractivity contribution in [2.75, 3.05) is 13.2 Å². The van der Waals surface area contributed by atoms with Gasteiger partial charge in [-0.2, -0.15) is 0 Å². The fourth-order valence-electron chi connectivity index (χ4n) is 2.03. The Morgan fingerprint density at radius 3 is 3.13 bits per heavy atom. The molecule has 84 valence electrons. The Morgan fingerprint density at radius 1 is 1.67 bits per heavy atom. The minimum Gasteiger partial charge on any atom is -0.377 e. The van der Waals surface area contributed by atoms with Crippen LogP contribution in [0.25, 0.3) is 0 Å². The van der Waals surface area contributed by atoms with Crippen LogP contribution in [0.15, 0.2) is 11.4 Å². The fourth-order valence-corrected chi connectivity index (χ4v) is 2.99. The van der Waals surface area contributed by atoms with E-state index in [0.717, 1.165) is 13.2 Å². The molecule has 1 saturated heterocycles. The summed E-state index contributed by atoms with van der Waals surface area (Å²) >= 11 is 1.84. The minimum atomic E-state index is 0.438. The Kier molecular flexibility index (Phi) is 3.78. The van der Waals surface area contributed by atoms with Crippen LogP contribution < -0.4 is 5.32 Å². The van der Waals surface area contributed by atoms with Crippen molar-refractivity contribution in [2.45, 2.75) is 38.8 Å². The van der Waals surface area contributed by atoms with Crippen molar-refractivity contribution < 1.29 is 4.74 Å². The average Bonchev–Trinajstić information content (AvgIpc) is 2.84. The molecule has 1 aliphatic heterocycles. The first-order chi connectivity index (χ1) is 7.27. The zero-order valence-corrected chi connectivity index (χ0v) is 10.3. The first-order valence-electron chi connectivity index (χ1n) is 5.66. The third-order valence-electron chi connectivity index (χ3n) is 2.97. The number of hydrogen-bond acceptors (Lipinski definition) is 3. The molecule has 1 aromatic rings. The molecular formula is C12H19NOS. The smallest absolute Gasteiger partial charge is 0.0700 e. The highest BCUT2D eigenvalue weighted by Crippen LogP contribution is 2.23. The molecule has 0 aromatic carbocycles. The molecule has 15 heavy (non-hydrogen) atoms. The van der Waals surface area contributed by atoms with Crippen LogP contribution in [0.1, 0.15) is 36.2 Å². The maximum Gasteiger partial charge on any atom is 0.0700 e. The van der Waals surface area contributed by atoms with Crippen molar-refractivity contribution in [3.05, 3.63) is 21.9 Å². The number of nitrogens with one attached hydrogen (secondary N) is 1. The van der Waals surface area contributed by atoms with E-state index in [1.807, 2.05) is 11.3 Å². The molecule has 2 rings (SSSR count). The van der Waals surface area contributed by atoms with Gasteiger partial charge in [0.25, 0.3) is 0 Å². The minimum absolute atomic E-state index is 0.438. The topological polar surface area (TPSA) is 21.3 Å². The number of ether oxygens (including phenoxy) is 1. The van der Waals surface area contributed by atoms with Gasteiger partial charge in [0.2, 0.25) is 0 Å². The van der Waals surface area contributed by atoms with E-state index in [0.29, 0.717) is 12.1 Å². The fraction of sp³-hybridized carbons (Fsp3) is 0.667. The lowest BCUT2D eigenvalue weighted by molar-refractivity contribution is 0.108. The van der Waals surface area contributed by atoms with Gasteiger partial charge in [0.1, 0.15) is 0 Å². The molecule has 2 nitrogen and oxygen atoms in total. The zero-order valence-electron chi connectivity index (χ0n) is 9.45. The summed E-state index contributed by atoms with van der Waals surface area (Å²) in [5.41, 5.74) is 1.40. The van der Waals surface area contributed by atoms with Gasteiger partial charge in [0.05, 0.1) is 6.10 Å². The number of hydrogen-bond donors (Lipinski definition) is 1.